The molecule has 0 aliphatic heterocycles. The minimum atomic E-state index is 0.0972. The van der Waals surface area contributed by atoms with Crippen LogP contribution in [0.2, 0.25) is 0 Å². The van der Waals surface area contributed by atoms with E-state index in [9.17, 15) is 4.79 Å². The third-order valence-corrected chi connectivity index (χ3v) is 3.82. The van der Waals surface area contributed by atoms with Crippen LogP contribution in [0, 0.1) is 0 Å². The smallest absolute Gasteiger partial charge is 0.197 e. The molecule has 0 amide bonds. The van der Waals surface area contributed by atoms with Gasteiger partial charge in [-0.3, -0.25) is 4.79 Å². The van der Waals surface area contributed by atoms with Crippen molar-refractivity contribution < 1.29 is 0 Å². The molecule has 3 aromatic rings. The van der Waals surface area contributed by atoms with Gasteiger partial charge in [-0.1, -0.05) is 70.2 Å². The molecule has 2 aromatic carbocycles. The van der Waals surface area contributed by atoms with Crippen molar-refractivity contribution in [3.05, 3.63) is 58.8 Å². The third-order valence-electron chi connectivity index (χ3n) is 3.82. The minimum absolute atomic E-state index is 0.0972. The van der Waals surface area contributed by atoms with Crippen LogP contribution in [-0.4, -0.2) is 4.98 Å². The summed E-state index contributed by atoms with van der Waals surface area (Å²) < 4.78 is 0. The number of pyridine rings is 1. The van der Waals surface area contributed by atoms with Crippen LogP contribution in [0.4, 0.5) is 0 Å². The highest BCUT2D eigenvalue weighted by molar-refractivity contribution is 5.92. The second-order valence-electron chi connectivity index (χ2n) is 5.61. The number of nitrogens with one attached hydrogen (secondary N) is 1. The number of hydrogen-bond acceptors (Lipinski definition) is 1. The minimum Gasteiger partial charge on any atom is -0.354 e. The first-order valence-electron chi connectivity index (χ1n) is 8.27. The van der Waals surface area contributed by atoms with Gasteiger partial charge in [0.1, 0.15) is 0 Å². The summed E-state index contributed by atoms with van der Waals surface area (Å²) in [5.74, 6) is 0. The van der Waals surface area contributed by atoms with Crippen molar-refractivity contribution in [2.24, 2.45) is 0 Å². The first-order valence-corrected chi connectivity index (χ1v) is 8.27. The Morgan fingerprint density at radius 2 is 1.18 bits per heavy atom. The van der Waals surface area contributed by atoms with Crippen molar-refractivity contribution in [1.82, 2.24) is 4.98 Å². The van der Waals surface area contributed by atoms with Crippen LogP contribution in [0.3, 0.4) is 0 Å². The molecular weight excluding hydrogens is 270 g/mol. The lowest BCUT2D eigenvalue weighted by molar-refractivity contribution is 0.656. The summed E-state index contributed by atoms with van der Waals surface area (Å²) in [6.45, 7) is 4.49. The molecule has 1 heterocycles. The fraction of sp³-hybridized carbons (Fsp3) is 0.350. The number of H-pyrrole nitrogens is 1. The zero-order valence-electron chi connectivity index (χ0n) is 13.6. The highest BCUT2D eigenvalue weighted by Crippen LogP contribution is 2.13. The number of benzene rings is 2. The van der Waals surface area contributed by atoms with E-state index >= 15 is 0 Å². The number of fused-ring (bicyclic) bond motifs is 2. The molecule has 0 unspecified atom stereocenters. The fourth-order valence-corrected chi connectivity index (χ4v) is 2.55. The Bertz CT molecular complexity index is 712. The summed E-state index contributed by atoms with van der Waals surface area (Å²) in [5.41, 5.74) is 1.88. The standard InChI is InChI=1S/C13H9NO.C7H16/c15-13-9-5-1-3-7-11(9)14-12-8-4-2-6-10(12)13;1-3-5-7-6-4-2/h1-8H,(H,14,15);3-7H2,1-2H3. The van der Waals surface area contributed by atoms with Gasteiger partial charge >= 0.3 is 0 Å². The predicted octanol–water partition coefficient (Wildman–Crippen LogP) is 5.66. The number of hydrogen-bond donors (Lipinski definition) is 1. The maximum Gasteiger partial charge on any atom is 0.197 e. The molecule has 1 N–H and O–H groups in total. The normalized spacial score (nSPS) is 10.5. The summed E-state index contributed by atoms with van der Waals surface area (Å²) in [6.07, 6.45) is 7.01. The Morgan fingerprint density at radius 1 is 0.727 bits per heavy atom. The Balaban J connectivity index is 0.000000217. The van der Waals surface area contributed by atoms with E-state index in [1.54, 1.807) is 0 Å². The van der Waals surface area contributed by atoms with Crippen LogP contribution >= 0.6 is 0 Å². The summed E-state index contributed by atoms with van der Waals surface area (Å²) in [5, 5.41) is 1.49. The Morgan fingerprint density at radius 3 is 1.64 bits per heavy atom. The number of aromatic amines is 1. The molecule has 2 heteroatoms. The molecule has 0 saturated heterocycles. The molecule has 116 valence electrons. The number of aromatic nitrogens is 1. The van der Waals surface area contributed by atoms with E-state index in [-0.39, 0.29) is 5.43 Å². The molecule has 0 aliphatic rings. The quantitative estimate of drug-likeness (QED) is 0.489. The lowest BCUT2D eigenvalue weighted by Crippen LogP contribution is -2.03. The van der Waals surface area contributed by atoms with Crippen LogP contribution in [0.25, 0.3) is 21.8 Å². The van der Waals surface area contributed by atoms with E-state index in [1.165, 1.54) is 32.1 Å². The molecule has 3 rings (SSSR count). The first-order chi connectivity index (χ1) is 10.8. The van der Waals surface area contributed by atoms with Gasteiger partial charge in [-0.25, -0.2) is 0 Å². The second kappa shape index (κ2) is 8.38. The van der Waals surface area contributed by atoms with E-state index < -0.39 is 0 Å². The molecule has 0 bridgehead atoms. The summed E-state index contributed by atoms with van der Waals surface area (Å²) >= 11 is 0. The van der Waals surface area contributed by atoms with Crippen LogP contribution < -0.4 is 5.43 Å². The van der Waals surface area contributed by atoms with Crippen LogP contribution in [0.1, 0.15) is 46.0 Å². The first kappa shape index (κ1) is 16.3. The topological polar surface area (TPSA) is 32.9 Å². The van der Waals surface area contributed by atoms with Gasteiger partial charge in [0.25, 0.3) is 0 Å². The van der Waals surface area contributed by atoms with Crippen molar-refractivity contribution in [3.8, 4) is 0 Å². The average molecular weight is 295 g/mol. The maximum absolute atomic E-state index is 12.1. The van der Waals surface area contributed by atoms with Gasteiger partial charge in [-0.05, 0) is 24.3 Å². The molecule has 0 radical (unpaired) electrons. The molecule has 2 nitrogen and oxygen atoms in total. The maximum atomic E-state index is 12.1. The fourth-order valence-electron chi connectivity index (χ4n) is 2.55. The number of rotatable bonds is 4. The van der Waals surface area contributed by atoms with Crippen molar-refractivity contribution >= 4 is 21.8 Å². The number of unbranched alkanes of at least 4 members (excludes halogenated alkanes) is 4. The van der Waals surface area contributed by atoms with Crippen LogP contribution in [-0.2, 0) is 0 Å². The lowest BCUT2D eigenvalue weighted by atomic mass is 10.1. The molecule has 1 aromatic heterocycles. The van der Waals surface area contributed by atoms with Gasteiger partial charge in [0.15, 0.2) is 5.43 Å². The van der Waals surface area contributed by atoms with Crippen molar-refractivity contribution in [2.45, 2.75) is 46.0 Å². The highest BCUT2D eigenvalue weighted by Gasteiger charge is 2.02. The monoisotopic (exact) mass is 295 g/mol. The van der Waals surface area contributed by atoms with Crippen molar-refractivity contribution in [3.63, 3.8) is 0 Å². The van der Waals surface area contributed by atoms with E-state index in [0.717, 1.165) is 21.8 Å². The Labute approximate surface area is 132 Å². The van der Waals surface area contributed by atoms with Gasteiger partial charge in [0.05, 0.1) is 0 Å². The molecule has 0 saturated carbocycles. The largest absolute Gasteiger partial charge is 0.354 e. The molecule has 0 fully saturated rings. The van der Waals surface area contributed by atoms with Gasteiger partial charge in [-0.15, -0.1) is 0 Å². The van der Waals surface area contributed by atoms with E-state index in [4.69, 9.17) is 0 Å². The number of para-hydroxylation sites is 2. The average Bonchev–Trinajstić information content (AvgIpc) is 2.56. The van der Waals surface area contributed by atoms with Crippen LogP contribution in [0.5, 0.6) is 0 Å². The van der Waals surface area contributed by atoms with Crippen molar-refractivity contribution in [2.75, 3.05) is 0 Å². The van der Waals surface area contributed by atoms with E-state index in [0.29, 0.717) is 0 Å². The lowest BCUT2D eigenvalue weighted by Gasteiger charge is -2.01. The zero-order chi connectivity index (χ0) is 15.8. The van der Waals surface area contributed by atoms with E-state index in [2.05, 4.69) is 18.8 Å². The summed E-state index contributed by atoms with van der Waals surface area (Å²) in [7, 11) is 0. The molecule has 0 aliphatic carbocycles. The summed E-state index contributed by atoms with van der Waals surface area (Å²) in [6, 6.07) is 15.1. The Hall–Kier alpha value is -2.09. The van der Waals surface area contributed by atoms with Gasteiger partial charge < -0.3 is 4.98 Å². The SMILES string of the molecule is CCCCCCC.O=c1c2ccccc2[nH]c2ccccc12. The summed E-state index contributed by atoms with van der Waals surface area (Å²) in [4.78, 5) is 15.3. The van der Waals surface area contributed by atoms with Gasteiger partial charge in [0, 0.05) is 21.8 Å². The van der Waals surface area contributed by atoms with Gasteiger partial charge in [0.2, 0.25) is 0 Å². The van der Waals surface area contributed by atoms with Crippen LogP contribution in [0.15, 0.2) is 53.3 Å². The molecule has 22 heavy (non-hydrogen) atoms. The highest BCUT2D eigenvalue weighted by atomic mass is 16.1. The second-order valence-corrected chi connectivity index (χ2v) is 5.61. The third kappa shape index (κ3) is 3.97. The van der Waals surface area contributed by atoms with Gasteiger partial charge in [-0.2, -0.15) is 0 Å². The molecule has 0 atom stereocenters. The Kier molecular flexibility index (Phi) is 6.20. The molecule has 0 spiro atoms. The molecular formula is C20H25NO. The van der Waals surface area contributed by atoms with Crippen molar-refractivity contribution in [1.29, 1.82) is 0 Å². The predicted molar refractivity (Wildman–Crippen MR) is 96.5 cm³/mol. The zero-order valence-corrected chi connectivity index (χ0v) is 13.6. The van der Waals surface area contributed by atoms with E-state index in [1.807, 2.05) is 48.5 Å².